The molecule has 0 aliphatic carbocycles. The number of nitrogens with one attached hydrogen (secondary N) is 1. The maximum absolute atomic E-state index is 14.2. The van der Waals surface area contributed by atoms with Crippen molar-refractivity contribution in [2.24, 2.45) is 11.3 Å². The second-order valence-electron chi connectivity index (χ2n) is 13.9. The number of rotatable bonds is 10. The van der Waals surface area contributed by atoms with E-state index in [0.717, 1.165) is 0 Å². The van der Waals surface area contributed by atoms with Crippen LogP contribution in [0.15, 0.2) is 35.9 Å². The third kappa shape index (κ3) is 9.49. The number of nitrogens with zero attached hydrogens (tertiary/aromatic N) is 2. The average Bonchev–Trinajstić information content (AvgIpc) is 2.82. The minimum atomic E-state index is -1.12. The fourth-order valence-corrected chi connectivity index (χ4v) is 4.78. The van der Waals surface area contributed by atoms with Crippen molar-refractivity contribution >= 4 is 23.9 Å². The quantitative estimate of drug-likeness (QED) is 0.329. The van der Waals surface area contributed by atoms with Gasteiger partial charge in [0.05, 0.1) is 6.04 Å². The predicted octanol–water partition coefficient (Wildman–Crippen LogP) is 4.95. The smallest absolute Gasteiger partial charge is 0.410 e. The molecular weight excluding hydrogens is 538 g/mol. The van der Waals surface area contributed by atoms with Gasteiger partial charge in [-0.05, 0) is 56.7 Å². The van der Waals surface area contributed by atoms with E-state index in [2.05, 4.69) is 5.32 Å². The summed E-state index contributed by atoms with van der Waals surface area (Å²) in [4.78, 5) is 55.7. The fourth-order valence-electron chi connectivity index (χ4n) is 4.78. The van der Waals surface area contributed by atoms with Crippen molar-refractivity contribution < 1.29 is 34.1 Å². The number of carbonyl (C=O) groups excluding carboxylic acids is 3. The Morgan fingerprint density at radius 1 is 0.905 bits per heavy atom. The molecule has 0 aliphatic heterocycles. The molecule has 0 fully saturated rings. The maximum atomic E-state index is 14.2. The van der Waals surface area contributed by atoms with Crippen LogP contribution < -0.4 is 5.32 Å². The maximum Gasteiger partial charge on any atom is 0.410 e. The van der Waals surface area contributed by atoms with Gasteiger partial charge < -0.3 is 25.2 Å². The van der Waals surface area contributed by atoms with Crippen LogP contribution in [-0.4, -0.2) is 81.7 Å². The van der Waals surface area contributed by atoms with Crippen LogP contribution in [0.1, 0.15) is 81.7 Å². The van der Waals surface area contributed by atoms with E-state index in [0.29, 0.717) is 5.56 Å². The number of hydrogen-bond acceptors (Lipinski definition) is 6. The first kappa shape index (κ1) is 36.5. The fraction of sp³-hybridized carbons (Fsp3) is 0.625. The highest BCUT2D eigenvalue weighted by Gasteiger charge is 2.46. The Balaban J connectivity index is 3.63. The summed E-state index contributed by atoms with van der Waals surface area (Å²) in [6.45, 7) is 19.5. The molecule has 42 heavy (non-hydrogen) atoms. The number of likely N-dealkylation sites (N-methyl/N-ethyl adjacent to an activating group) is 2. The van der Waals surface area contributed by atoms with Crippen LogP contribution >= 0.6 is 0 Å². The molecule has 0 saturated carbocycles. The molecule has 3 amide bonds. The monoisotopic (exact) mass is 589 g/mol. The summed E-state index contributed by atoms with van der Waals surface area (Å²) < 4.78 is 5.59. The van der Waals surface area contributed by atoms with Crippen LogP contribution in [0, 0.1) is 11.3 Å². The van der Waals surface area contributed by atoms with Gasteiger partial charge in [0.1, 0.15) is 23.4 Å². The van der Waals surface area contributed by atoms with E-state index in [4.69, 9.17) is 4.74 Å². The highest BCUT2D eigenvalue weighted by atomic mass is 16.6. The van der Waals surface area contributed by atoms with Crippen LogP contribution in [0.25, 0.3) is 0 Å². The van der Waals surface area contributed by atoms with Gasteiger partial charge in [0, 0.05) is 25.1 Å². The van der Waals surface area contributed by atoms with Crippen molar-refractivity contribution in [2.45, 2.75) is 105 Å². The molecule has 1 aromatic carbocycles. The second kappa shape index (κ2) is 13.6. The minimum absolute atomic E-state index is 0.0596. The van der Waals surface area contributed by atoms with Gasteiger partial charge in [-0.3, -0.25) is 14.5 Å². The molecule has 0 radical (unpaired) electrons. The molecule has 10 heteroatoms. The van der Waals surface area contributed by atoms with Crippen molar-refractivity contribution in [1.29, 1.82) is 0 Å². The molecule has 0 spiro atoms. The first-order valence-corrected chi connectivity index (χ1v) is 14.2. The van der Waals surface area contributed by atoms with Gasteiger partial charge in [0.25, 0.3) is 0 Å². The Morgan fingerprint density at radius 3 is 1.81 bits per heavy atom. The lowest BCUT2D eigenvalue weighted by atomic mass is 9.76. The van der Waals surface area contributed by atoms with Crippen molar-refractivity contribution in [3.05, 3.63) is 41.5 Å². The SMILES string of the molecule is C/C(=C\[C@H](C(C)C)N(C)C(=O)[C@@H](NC(=O)C(N(C)C(=O)OC(C)(C)C)C(C)(C)c1ccc(O)cc1)C(C)(C)C)C(=O)O. The summed E-state index contributed by atoms with van der Waals surface area (Å²) in [7, 11) is 3.07. The molecule has 3 N–H and O–H groups in total. The minimum Gasteiger partial charge on any atom is -0.508 e. The van der Waals surface area contributed by atoms with Crippen molar-refractivity contribution in [1.82, 2.24) is 15.1 Å². The Bertz CT molecular complexity index is 1160. The molecule has 0 saturated heterocycles. The van der Waals surface area contributed by atoms with Gasteiger partial charge in [-0.1, -0.05) is 66.7 Å². The number of phenols is 1. The Morgan fingerprint density at radius 2 is 1.40 bits per heavy atom. The number of aliphatic carboxylic acids is 1. The number of aromatic hydroxyl groups is 1. The van der Waals surface area contributed by atoms with E-state index in [1.165, 1.54) is 35.9 Å². The normalized spacial score (nSPS) is 15.0. The molecule has 1 aromatic rings. The van der Waals surface area contributed by atoms with Crippen molar-refractivity contribution in [3.8, 4) is 5.75 Å². The summed E-state index contributed by atoms with van der Waals surface area (Å²) in [5, 5.41) is 22.2. The van der Waals surface area contributed by atoms with E-state index in [-0.39, 0.29) is 17.2 Å². The zero-order valence-corrected chi connectivity index (χ0v) is 27.5. The summed E-state index contributed by atoms with van der Waals surface area (Å²) in [5.74, 6) is -2.09. The Labute approximate surface area is 251 Å². The van der Waals surface area contributed by atoms with Gasteiger partial charge in [0.15, 0.2) is 0 Å². The summed E-state index contributed by atoms with van der Waals surface area (Å²) in [6.07, 6.45) is 0.832. The third-order valence-electron chi connectivity index (χ3n) is 7.25. The number of ether oxygens (including phenoxy) is 1. The van der Waals surface area contributed by atoms with Gasteiger partial charge in [0.2, 0.25) is 11.8 Å². The lowest BCUT2D eigenvalue weighted by Gasteiger charge is -2.42. The van der Waals surface area contributed by atoms with Gasteiger partial charge >= 0.3 is 12.1 Å². The van der Waals surface area contributed by atoms with Crippen LogP contribution in [0.2, 0.25) is 0 Å². The van der Waals surface area contributed by atoms with Crippen LogP contribution in [0.4, 0.5) is 4.79 Å². The molecule has 236 valence electrons. The third-order valence-corrected chi connectivity index (χ3v) is 7.25. The van der Waals surface area contributed by atoms with Crippen LogP contribution in [0.5, 0.6) is 5.75 Å². The number of benzene rings is 1. The lowest BCUT2D eigenvalue weighted by Crippen LogP contribution is -2.63. The lowest BCUT2D eigenvalue weighted by molar-refractivity contribution is -0.142. The van der Waals surface area contributed by atoms with E-state index in [9.17, 15) is 29.4 Å². The number of carboxylic acid groups (broad SMARTS) is 1. The molecular formula is C32H51N3O7. The Kier molecular flexibility index (Phi) is 11.8. The average molecular weight is 590 g/mol. The van der Waals surface area contributed by atoms with Crippen LogP contribution in [0.3, 0.4) is 0 Å². The van der Waals surface area contributed by atoms with Gasteiger partial charge in [-0.15, -0.1) is 0 Å². The predicted molar refractivity (Wildman–Crippen MR) is 163 cm³/mol. The van der Waals surface area contributed by atoms with Crippen LogP contribution in [-0.2, 0) is 24.5 Å². The van der Waals surface area contributed by atoms with E-state index >= 15 is 0 Å². The number of amides is 3. The van der Waals surface area contributed by atoms with Gasteiger partial charge in [-0.2, -0.15) is 0 Å². The van der Waals surface area contributed by atoms with Crippen molar-refractivity contribution in [3.63, 3.8) is 0 Å². The number of carbonyl (C=O) groups is 4. The number of carboxylic acids is 1. The highest BCUT2D eigenvalue weighted by molar-refractivity contribution is 5.93. The largest absolute Gasteiger partial charge is 0.508 e. The summed E-state index contributed by atoms with van der Waals surface area (Å²) >= 11 is 0. The first-order chi connectivity index (χ1) is 18.9. The standard InChI is InChI=1S/C32H51N3O7/c1-19(2)23(18-20(3)28(39)40)34(12)27(38)24(30(4,5)6)33-26(37)25(35(13)29(41)42-31(7,8)9)32(10,11)21-14-16-22(36)17-15-21/h14-19,23-25,36H,1-13H3,(H,33,37)(H,39,40)/b20-18+/t23-,24-,25?/m1/s1. The summed E-state index contributed by atoms with van der Waals surface area (Å²) in [6, 6.07) is 3.72. The molecule has 0 heterocycles. The zero-order chi connectivity index (χ0) is 33.0. The van der Waals surface area contributed by atoms with E-state index in [1.54, 1.807) is 59.9 Å². The molecule has 10 nitrogen and oxygen atoms in total. The van der Waals surface area contributed by atoms with E-state index in [1.807, 2.05) is 34.6 Å². The molecule has 0 aliphatic rings. The van der Waals surface area contributed by atoms with Gasteiger partial charge in [-0.25, -0.2) is 9.59 Å². The molecule has 1 unspecified atom stereocenters. The number of hydrogen-bond donors (Lipinski definition) is 3. The van der Waals surface area contributed by atoms with Crippen molar-refractivity contribution in [2.75, 3.05) is 14.1 Å². The highest BCUT2D eigenvalue weighted by Crippen LogP contribution is 2.33. The second-order valence-corrected chi connectivity index (χ2v) is 13.9. The summed E-state index contributed by atoms with van der Waals surface area (Å²) in [5.41, 5.74) is -1.75. The number of phenolic OH excluding ortho intramolecular Hbond substituents is 1. The molecule has 3 atom stereocenters. The topological polar surface area (TPSA) is 136 Å². The molecule has 0 bridgehead atoms. The molecule has 1 rings (SSSR count). The van der Waals surface area contributed by atoms with E-state index < -0.39 is 58.4 Å². The molecule has 0 aromatic heterocycles. The zero-order valence-electron chi connectivity index (χ0n) is 27.5. The Hall–Kier alpha value is -3.56. The first-order valence-electron chi connectivity index (χ1n) is 14.2.